The summed E-state index contributed by atoms with van der Waals surface area (Å²) in [4.78, 5) is 15.6. The second-order valence-corrected chi connectivity index (χ2v) is 6.03. The third kappa shape index (κ3) is 4.01. The number of piperidine rings is 1. The van der Waals surface area contributed by atoms with Crippen LogP contribution in [-0.4, -0.2) is 39.0 Å². The molecule has 0 aromatic carbocycles. The second kappa shape index (κ2) is 6.83. The molecule has 0 radical (unpaired) electrons. The number of hydrogen-bond donors (Lipinski definition) is 1. The van der Waals surface area contributed by atoms with E-state index in [1.54, 1.807) is 0 Å². The van der Waals surface area contributed by atoms with Crippen molar-refractivity contribution in [1.29, 1.82) is 0 Å². The van der Waals surface area contributed by atoms with Gasteiger partial charge in [0.1, 0.15) is 0 Å². The maximum atomic E-state index is 4.47. The monoisotopic (exact) mass is 297 g/mol. The molecule has 2 aromatic rings. The van der Waals surface area contributed by atoms with Crippen LogP contribution in [0.5, 0.6) is 0 Å². The molecule has 0 saturated carbocycles. The molecule has 3 heterocycles. The van der Waals surface area contributed by atoms with Crippen molar-refractivity contribution in [1.82, 2.24) is 19.9 Å². The van der Waals surface area contributed by atoms with Crippen molar-refractivity contribution in [2.24, 2.45) is 0 Å². The van der Waals surface area contributed by atoms with Gasteiger partial charge in [0, 0.05) is 49.5 Å². The summed E-state index contributed by atoms with van der Waals surface area (Å²) in [7, 11) is 0. The molecule has 0 aliphatic carbocycles. The van der Waals surface area contributed by atoms with Gasteiger partial charge in [-0.3, -0.25) is 9.88 Å². The standard InChI is InChI=1S/C17H23N5/c1-13-10-14(2)20-17(19-13)21-16-5-8-22(9-6-16)12-15-4-3-7-18-11-15/h3-4,7,10-11,16H,5-6,8-9,12H2,1-2H3,(H,19,20,21). The average molecular weight is 297 g/mol. The summed E-state index contributed by atoms with van der Waals surface area (Å²) in [6.07, 6.45) is 6.02. The number of hydrogen-bond acceptors (Lipinski definition) is 5. The molecule has 1 N–H and O–H groups in total. The van der Waals surface area contributed by atoms with Crippen LogP contribution in [-0.2, 0) is 6.54 Å². The van der Waals surface area contributed by atoms with Gasteiger partial charge in [0.25, 0.3) is 0 Å². The van der Waals surface area contributed by atoms with Crippen molar-refractivity contribution in [3.05, 3.63) is 47.5 Å². The summed E-state index contributed by atoms with van der Waals surface area (Å²) in [5, 5.41) is 3.49. The molecule has 1 aliphatic rings. The predicted octanol–water partition coefficient (Wildman–Crippen LogP) is 2.56. The highest BCUT2D eigenvalue weighted by atomic mass is 15.2. The normalized spacial score (nSPS) is 16.6. The topological polar surface area (TPSA) is 53.9 Å². The van der Waals surface area contributed by atoms with Crippen LogP contribution < -0.4 is 5.32 Å². The third-order valence-corrected chi connectivity index (χ3v) is 4.03. The SMILES string of the molecule is Cc1cc(C)nc(NC2CCN(Cc3cccnc3)CC2)n1. The summed E-state index contributed by atoms with van der Waals surface area (Å²) in [6.45, 7) is 7.20. The van der Waals surface area contributed by atoms with Crippen molar-refractivity contribution >= 4 is 5.95 Å². The van der Waals surface area contributed by atoms with Crippen LogP contribution in [0.4, 0.5) is 5.95 Å². The molecular weight excluding hydrogens is 274 g/mol. The molecule has 0 unspecified atom stereocenters. The molecule has 1 fully saturated rings. The van der Waals surface area contributed by atoms with Crippen molar-refractivity contribution in [3.63, 3.8) is 0 Å². The third-order valence-electron chi connectivity index (χ3n) is 4.03. The van der Waals surface area contributed by atoms with Crippen molar-refractivity contribution in [3.8, 4) is 0 Å². The van der Waals surface area contributed by atoms with Crippen molar-refractivity contribution < 1.29 is 0 Å². The fourth-order valence-electron chi connectivity index (χ4n) is 2.96. The van der Waals surface area contributed by atoms with E-state index in [1.807, 2.05) is 38.4 Å². The zero-order chi connectivity index (χ0) is 15.4. The second-order valence-electron chi connectivity index (χ2n) is 6.03. The minimum absolute atomic E-state index is 0.464. The minimum Gasteiger partial charge on any atom is -0.351 e. The van der Waals surface area contributed by atoms with Gasteiger partial charge in [-0.05, 0) is 44.4 Å². The molecule has 22 heavy (non-hydrogen) atoms. The zero-order valence-electron chi connectivity index (χ0n) is 13.3. The minimum atomic E-state index is 0.464. The van der Waals surface area contributed by atoms with Crippen LogP contribution in [0.1, 0.15) is 29.8 Å². The predicted molar refractivity (Wildman–Crippen MR) is 87.7 cm³/mol. The Morgan fingerprint density at radius 2 is 1.91 bits per heavy atom. The van der Waals surface area contributed by atoms with E-state index in [2.05, 4.69) is 31.2 Å². The maximum Gasteiger partial charge on any atom is 0.223 e. The Labute approximate surface area is 131 Å². The first-order valence-electron chi connectivity index (χ1n) is 7.89. The molecule has 5 heteroatoms. The molecule has 0 spiro atoms. The molecule has 3 rings (SSSR count). The Balaban J connectivity index is 1.51. The van der Waals surface area contributed by atoms with Crippen LogP contribution >= 0.6 is 0 Å². The number of aromatic nitrogens is 3. The fraction of sp³-hybridized carbons (Fsp3) is 0.471. The first-order valence-corrected chi connectivity index (χ1v) is 7.89. The molecule has 2 aromatic heterocycles. The van der Waals surface area contributed by atoms with E-state index in [0.717, 1.165) is 49.8 Å². The summed E-state index contributed by atoms with van der Waals surface area (Å²) < 4.78 is 0. The summed E-state index contributed by atoms with van der Waals surface area (Å²) >= 11 is 0. The van der Waals surface area contributed by atoms with Gasteiger partial charge in [-0.2, -0.15) is 0 Å². The van der Waals surface area contributed by atoms with E-state index in [9.17, 15) is 0 Å². The number of aryl methyl sites for hydroxylation is 2. The lowest BCUT2D eigenvalue weighted by atomic mass is 10.0. The Kier molecular flexibility index (Phi) is 4.63. The quantitative estimate of drug-likeness (QED) is 0.940. The average Bonchev–Trinajstić information content (AvgIpc) is 2.49. The van der Waals surface area contributed by atoms with Crippen LogP contribution in [0.15, 0.2) is 30.6 Å². The van der Waals surface area contributed by atoms with Crippen LogP contribution in [0.3, 0.4) is 0 Å². The first-order chi connectivity index (χ1) is 10.7. The molecule has 0 bridgehead atoms. The molecule has 0 atom stereocenters. The summed E-state index contributed by atoms with van der Waals surface area (Å²) in [5.41, 5.74) is 3.32. The summed E-state index contributed by atoms with van der Waals surface area (Å²) in [6, 6.07) is 6.61. The van der Waals surface area contributed by atoms with Crippen LogP contribution in [0.25, 0.3) is 0 Å². The highest BCUT2D eigenvalue weighted by Gasteiger charge is 2.19. The smallest absolute Gasteiger partial charge is 0.223 e. The van der Waals surface area contributed by atoms with E-state index >= 15 is 0 Å². The van der Waals surface area contributed by atoms with Gasteiger partial charge in [-0.15, -0.1) is 0 Å². The maximum absolute atomic E-state index is 4.47. The number of nitrogens with one attached hydrogen (secondary N) is 1. The fourth-order valence-corrected chi connectivity index (χ4v) is 2.96. The first kappa shape index (κ1) is 14.9. The van der Waals surface area contributed by atoms with E-state index in [4.69, 9.17) is 0 Å². The molecule has 1 aliphatic heterocycles. The molecule has 1 saturated heterocycles. The molecular formula is C17H23N5. The van der Waals surface area contributed by atoms with Gasteiger partial charge in [0.2, 0.25) is 5.95 Å². The lowest BCUT2D eigenvalue weighted by Crippen LogP contribution is -2.39. The van der Waals surface area contributed by atoms with Crippen molar-refractivity contribution in [2.45, 2.75) is 39.3 Å². The summed E-state index contributed by atoms with van der Waals surface area (Å²) in [5.74, 6) is 0.767. The number of nitrogens with zero attached hydrogens (tertiary/aromatic N) is 4. The Morgan fingerprint density at radius 1 is 1.18 bits per heavy atom. The van der Waals surface area contributed by atoms with Crippen LogP contribution in [0, 0.1) is 13.8 Å². The number of rotatable bonds is 4. The number of likely N-dealkylation sites (tertiary alicyclic amines) is 1. The Morgan fingerprint density at radius 3 is 2.55 bits per heavy atom. The van der Waals surface area contributed by atoms with Gasteiger partial charge in [0.05, 0.1) is 0 Å². The van der Waals surface area contributed by atoms with Gasteiger partial charge < -0.3 is 5.32 Å². The van der Waals surface area contributed by atoms with Crippen LogP contribution in [0.2, 0.25) is 0 Å². The highest BCUT2D eigenvalue weighted by Crippen LogP contribution is 2.16. The van der Waals surface area contributed by atoms with E-state index in [-0.39, 0.29) is 0 Å². The lowest BCUT2D eigenvalue weighted by Gasteiger charge is -2.32. The largest absolute Gasteiger partial charge is 0.351 e. The molecule has 0 amide bonds. The molecule has 116 valence electrons. The lowest BCUT2D eigenvalue weighted by molar-refractivity contribution is 0.211. The highest BCUT2D eigenvalue weighted by molar-refractivity contribution is 5.29. The van der Waals surface area contributed by atoms with E-state index < -0.39 is 0 Å². The van der Waals surface area contributed by atoms with Gasteiger partial charge in [-0.25, -0.2) is 9.97 Å². The van der Waals surface area contributed by atoms with Gasteiger partial charge >= 0.3 is 0 Å². The van der Waals surface area contributed by atoms with Gasteiger partial charge in [-0.1, -0.05) is 6.07 Å². The van der Waals surface area contributed by atoms with Gasteiger partial charge in [0.15, 0.2) is 0 Å². The zero-order valence-corrected chi connectivity index (χ0v) is 13.3. The van der Waals surface area contributed by atoms with Crippen molar-refractivity contribution in [2.75, 3.05) is 18.4 Å². The van der Waals surface area contributed by atoms with E-state index in [1.165, 1.54) is 5.56 Å². The number of pyridine rings is 1. The van der Waals surface area contributed by atoms with E-state index in [0.29, 0.717) is 6.04 Å². The molecule has 5 nitrogen and oxygen atoms in total. The Bertz CT molecular complexity index is 585. The number of anilines is 1. The Hall–Kier alpha value is -2.01.